The third kappa shape index (κ3) is 2.85. The number of hydrogen-bond donors (Lipinski definition) is 1. The molecule has 0 radical (unpaired) electrons. The van der Waals surface area contributed by atoms with Gasteiger partial charge < -0.3 is 9.88 Å². The van der Waals surface area contributed by atoms with Gasteiger partial charge in [0.2, 0.25) is 0 Å². The summed E-state index contributed by atoms with van der Waals surface area (Å²) in [6.45, 7) is 2.16. The minimum atomic E-state index is 0.276. The summed E-state index contributed by atoms with van der Waals surface area (Å²) in [7, 11) is 0. The Morgan fingerprint density at radius 1 is 1.30 bits per heavy atom. The molecule has 0 bridgehead atoms. The molecule has 3 nitrogen and oxygen atoms in total. The Bertz CT molecular complexity index is 577. The summed E-state index contributed by atoms with van der Waals surface area (Å²) in [5.41, 5.74) is 1.17. The van der Waals surface area contributed by atoms with Gasteiger partial charge in [-0.1, -0.05) is 29.3 Å². The molecule has 1 aromatic carbocycles. The first-order valence-corrected chi connectivity index (χ1v) is 7.57. The van der Waals surface area contributed by atoms with E-state index in [0.29, 0.717) is 22.1 Å². The second kappa shape index (κ2) is 5.76. The molecule has 1 saturated carbocycles. The van der Waals surface area contributed by atoms with Crippen LogP contribution in [0.2, 0.25) is 10.0 Å². The highest BCUT2D eigenvalue weighted by Crippen LogP contribution is 2.34. The summed E-state index contributed by atoms with van der Waals surface area (Å²) in [6.07, 6.45) is 8.04. The quantitative estimate of drug-likeness (QED) is 0.915. The van der Waals surface area contributed by atoms with Gasteiger partial charge in [-0.3, -0.25) is 0 Å². The van der Waals surface area contributed by atoms with Gasteiger partial charge >= 0.3 is 0 Å². The predicted molar refractivity (Wildman–Crippen MR) is 82.3 cm³/mol. The van der Waals surface area contributed by atoms with E-state index in [2.05, 4.69) is 21.8 Å². The smallest absolute Gasteiger partial charge is 0.0948 e. The Morgan fingerprint density at radius 3 is 2.75 bits per heavy atom. The van der Waals surface area contributed by atoms with Gasteiger partial charge in [-0.2, -0.15) is 0 Å². The Morgan fingerprint density at radius 2 is 2.10 bits per heavy atom. The average molecular weight is 310 g/mol. The zero-order valence-corrected chi connectivity index (χ0v) is 12.8. The fraction of sp³-hybridized carbons (Fsp3) is 0.400. The minimum Gasteiger partial charge on any atom is -0.334 e. The fourth-order valence-corrected chi connectivity index (χ4v) is 2.99. The van der Waals surface area contributed by atoms with E-state index in [4.69, 9.17) is 23.2 Å². The first-order chi connectivity index (χ1) is 9.63. The number of halogens is 2. The third-order valence-corrected chi connectivity index (χ3v) is 4.73. The van der Waals surface area contributed by atoms with E-state index in [1.165, 1.54) is 5.56 Å². The molecule has 1 N–H and O–H groups in total. The summed E-state index contributed by atoms with van der Waals surface area (Å²) < 4.78 is 2.18. The van der Waals surface area contributed by atoms with E-state index in [1.54, 1.807) is 0 Å². The number of benzene rings is 1. The van der Waals surface area contributed by atoms with Crippen LogP contribution in [0, 0.1) is 0 Å². The molecule has 0 aliphatic heterocycles. The molecule has 0 amide bonds. The van der Waals surface area contributed by atoms with Crippen molar-refractivity contribution in [2.75, 3.05) is 0 Å². The monoisotopic (exact) mass is 309 g/mol. The largest absolute Gasteiger partial charge is 0.334 e. The first-order valence-electron chi connectivity index (χ1n) is 6.82. The van der Waals surface area contributed by atoms with Gasteiger partial charge in [-0.15, -0.1) is 0 Å². The van der Waals surface area contributed by atoms with Crippen molar-refractivity contribution in [2.45, 2.75) is 37.9 Å². The number of hydrogen-bond acceptors (Lipinski definition) is 2. The van der Waals surface area contributed by atoms with Gasteiger partial charge in [-0.05, 0) is 37.5 Å². The van der Waals surface area contributed by atoms with Crippen molar-refractivity contribution in [2.24, 2.45) is 0 Å². The maximum Gasteiger partial charge on any atom is 0.0948 e. The summed E-state index contributed by atoms with van der Waals surface area (Å²) in [4.78, 5) is 4.09. The third-order valence-electron chi connectivity index (χ3n) is 3.99. The molecule has 3 rings (SSSR count). The molecule has 20 heavy (non-hydrogen) atoms. The van der Waals surface area contributed by atoms with Crippen molar-refractivity contribution in [3.63, 3.8) is 0 Å². The number of aromatic nitrogens is 2. The van der Waals surface area contributed by atoms with Crippen LogP contribution in [-0.4, -0.2) is 15.6 Å². The molecule has 5 heteroatoms. The summed E-state index contributed by atoms with van der Waals surface area (Å²) in [5, 5.41) is 4.85. The fourth-order valence-electron chi connectivity index (χ4n) is 2.68. The van der Waals surface area contributed by atoms with Crippen molar-refractivity contribution in [1.29, 1.82) is 0 Å². The summed E-state index contributed by atoms with van der Waals surface area (Å²) >= 11 is 12.0. The van der Waals surface area contributed by atoms with Crippen LogP contribution < -0.4 is 5.32 Å². The first kappa shape index (κ1) is 13.9. The molecular weight excluding hydrogens is 293 g/mol. The molecule has 1 aliphatic carbocycles. The molecule has 1 atom stereocenters. The summed E-state index contributed by atoms with van der Waals surface area (Å²) in [5.74, 6) is 0. The predicted octanol–water partition coefficient (Wildman–Crippen LogP) is 4.24. The van der Waals surface area contributed by atoms with Crippen molar-refractivity contribution < 1.29 is 0 Å². The number of rotatable bonds is 4. The van der Waals surface area contributed by atoms with Crippen molar-refractivity contribution >= 4 is 23.2 Å². The second-order valence-electron chi connectivity index (χ2n) is 5.39. The zero-order valence-electron chi connectivity index (χ0n) is 11.3. The molecular formula is C15H17Cl2N3. The lowest BCUT2D eigenvalue weighted by atomic mass is 9.85. The highest BCUT2D eigenvalue weighted by atomic mass is 35.5. The number of nitrogens with one attached hydrogen (secondary N) is 1. The number of nitrogens with zero attached hydrogens (tertiary/aromatic N) is 2. The lowest BCUT2D eigenvalue weighted by Crippen LogP contribution is -2.42. The van der Waals surface area contributed by atoms with E-state index in [9.17, 15) is 0 Å². The van der Waals surface area contributed by atoms with Crippen LogP contribution in [0.3, 0.4) is 0 Å². The van der Waals surface area contributed by atoms with Crippen LogP contribution in [0.1, 0.15) is 37.4 Å². The normalized spacial score (nSPS) is 23.4. The molecule has 2 aromatic rings. The van der Waals surface area contributed by atoms with Crippen molar-refractivity contribution in [1.82, 2.24) is 14.9 Å². The maximum atomic E-state index is 6.06. The van der Waals surface area contributed by atoms with E-state index in [1.807, 2.05) is 36.9 Å². The second-order valence-corrected chi connectivity index (χ2v) is 6.21. The minimum absolute atomic E-state index is 0.276. The highest BCUT2D eigenvalue weighted by molar-refractivity contribution is 6.42. The topological polar surface area (TPSA) is 29.9 Å². The Labute approximate surface area is 128 Å². The van der Waals surface area contributed by atoms with E-state index in [0.717, 1.165) is 12.8 Å². The Hall–Kier alpha value is -1.03. The van der Waals surface area contributed by atoms with Gasteiger partial charge in [0.15, 0.2) is 0 Å². The van der Waals surface area contributed by atoms with E-state index >= 15 is 0 Å². The van der Waals surface area contributed by atoms with Crippen LogP contribution in [0.15, 0.2) is 36.9 Å². The molecule has 1 heterocycles. The SMILES string of the molecule is C[C@@H](NC1CC(n2ccnc2)C1)c1ccc(Cl)c(Cl)c1. The van der Waals surface area contributed by atoms with Gasteiger partial charge in [-0.25, -0.2) is 4.98 Å². The molecule has 0 saturated heterocycles. The van der Waals surface area contributed by atoms with E-state index < -0.39 is 0 Å². The van der Waals surface area contributed by atoms with Crippen LogP contribution in [-0.2, 0) is 0 Å². The van der Waals surface area contributed by atoms with Crippen molar-refractivity contribution in [3.8, 4) is 0 Å². The average Bonchev–Trinajstić information content (AvgIpc) is 2.89. The van der Waals surface area contributed by atoms with Crippen LogP contribution in [0.4, 0.5) is 0 Å². The maximum absolute atomic E-state index is 6.06. The van der Waals surface area contributed by atoms with Crippen LogP contribution >= 0.6 is 23.2 Å². The molecule has 0 spiro atoms. The Kier molecular flexibility index (Phi) is 4.01. The number of imidazole rings is 1. The van der Waals surface area contributed by atoms with Crippen LogP contribution in [0.25, 0.3) is 0 Å². The summed E-state index contributed by atoms with van der Waals surface area (Å²) in [6, 6.07) is 7.22. The van der Waals surface area contributed by atoms with Gasteiger partial charge in [0.1, 0.15) is 0 Å². The highest BCUT2D eigenvalue weighted by Gasteiger charge is 2.30. The standard InChI is InChI=1S/C15H17Cl2N3/c1-10(11-2-3-14(16)15(17)6-11)19-12-7-13(8-12)20-5-4-18-9-20/h2-6,9-10,12-13,19H,7-8H2,1H3/t10-,12?,13?/m1/s1. The molecule has 0 unspecified atom stereocenters. The van der Waals surface area contributed by atoms with Crippen molar-refractivity contribution in [3.05, 3.63) is 52.5 Å². The Balaban J connectivity index is 1.55. The van der Waals surface area contributed by atoms with Gasteiger partial charge in [0.25, 0.3) is 0 Å². The zero-order chi connectivity index (χ0) is 14.1. The molecule has 106 valence electrons. The van der Waals surface area contributed by atoms with Crippen LogP contribution in [0.5, 0.6) is 0 Å². The van der Waals surface area contributed by atoms with Gasteiger partial charge in [0.05, 0.1) is 16.4 Å². The molecule has 1 aromatic heterocycles. The molecule has 1 fully saturated rings. The van der Waals surface area contributed by atoms with E-state index in [-0.39, 0.29) is 6.04 Å². The lowest BCUT2D eigenvalue weighted by Gasteiger charge is -2.38. The molecule has 1 aliphatic rings. The lowest BCUT2D eigenvalue weighted by molar-refractivity contribution is 0.212. The van der Waals surface area contributed by atoms with Gasteiger partial charge in [0, 0.05) is 30.5 Å².